The molecule has 16 heavy (non-hydrogen) atoms. The summed E-state index contributed by atoms with van der Waals surface area (Å²) in [6, 6.07) is 0. The molecule has 2 N–H and O–H groups in total. The van der Waals surface area contributed by atoms with Gasteiger partial charge in [0.15, 0.2) is 0 Å². The highest BCUT2D eigenvalue weighted by atomic mass is 32.2. The van der Waals surface area contributed by atoms with Crippen LogP contribution in [0.15, 0.2) is 0 Å². The first-order valence-electron chi connectivity index (χ1n) is 5.96. The highest BCUT2D eigenvalue weighted by Gasteiger charge is 2.49. The fourth-order valence-electron chi connectivity index (χ4n) is 2.65. The molecule has 0 saturated carbocycles. The van der Waals surface area contributed by atoms with E-state index in [9.17, 15) is 9.90 Å². The second kappa shape index (κ2) is 4.94. The molecule has 0 aromatic carbocycles. The van der Waals surface area contributed by atoms with E-state index in [-0.39, 0.29) is 0 Å². The second-order valence-electron chi connectivity index (χ2n) is 4.75. The number of carboxylic acid groups (broad SMARTS) is 1. The summed E-state index contributed by atoms with van der Waals surface area (Å²) in [5.41, 5.74) is -0.601. The largest absolute Gasteiger partial charge is 0.480 e. The van der Waals surface area contributed by atoms with Gasteiger partial charge in [0.2, 0.25) is 0 Å². The highest BCUT2D eigenvalue weighted by molar-refractivity contribution is 8.00. The smallest absolute Gasteiger partial charge is 0.325 e. The molecule has 0 aromatic rings. The SMILES string of the molecule is CC1CC(C(=O)O)(N2CCCNCC2)CS1. The summed E-state index contributed by atoms with van der Waals surface area (Å²) >= 11 is 1.79. The Hall–Kier alpha value is -0.260. The average Bonchev–Trinajstić information content (AvgIpc) is 2.51. The van der Waals surface area contributed by atoms with E-state index in [0.717, 1.165) is 44.8 Å². The molecule has 2 heterocycles. The summed E-state index contributed by atoms with van der Waals surface area (Å²) < 4.78 is 0. The first-order valence-corrected chi connectivity index (χ1v) is 7.01. The van der Waals surface area contributed by atoms with Crippen LogP contribution >= 0.6 is 11.8 Å². The predicted octanol–water partition coefficient (Wildman–Crippen LogP) is 0.631. The molecule has 2 aliphatic rings. The number of carbonyl (C=O) groups is 1. The van der Waals surface area contributed by atoms with Crippen molar-refractivity contribution >= 4 is 17.7 Å². The molecule has 2 unspecified atom stereocenters. The maximum absolute atomic E-state index is 11.6. The number of carboxylic acids is 1. The molecule has 0 bridgehead atoms. The first kappa shape index (κ1) is 12.2. The van der Waals surface area contributed by atoms with Crippen molar-refractivity contribution in [3.63, 3.8) is 0 Å². The van der Waals surface area contributed by atoms with Crippen LogP contribution in [0.1, 0.15) is 19.8 Å². The molecule has 92 valence electrons. The van der Waals surface area contributed by atoms with Gasteiger partial charge in [-0.2, -0.15) is 11.8 Å². The molecule has 2 fully saturated rings. The molecule has 0 radical (unpaired) electrons. The predicted molar refractivity (Wildman–Crippen MR) is 66.0 cm³/mol. The number of hydrogen-bond acceptors (Lipinski definition) is 4. The maximum Gasteiger partial charge on any atom is 0.325 e. The Labute approximate surface area is 101 Å². The van der Waals surface area contributed by atoms with E-state index in [1.807, 2.05) is 0 Å². The third-order valence-electron chi connectivity index (χ3n) is 3.58. The number of rotatable bonds is 2. The summed E-state index contributed by atoms with van der Waals surface area (Å²) in [5.74, 6) is 0.106. The molecule has 0 aromatic heterocycles. The van der Waals surface area contributed by atoms with Gasteiger partial charge in [0.05, 0.1) is 0 Å². The van der Waals surface area contributed by atoms with Crippen LogP contribution in [-0.2, 0) is 4.79 Å². The molecule has 5 heteroatoms. The van der Waals surface area contributed by atoms with Crippen molar-refractivity contribution in [3.05, 3.63) is 0 Å². The van der Waals surface area contributed by atoms with Gasteiger partial charge in [-0.1, -0.05) is 6.92 Å². The zero-order valence-corrected chi connectivity index (χ0v) is 10.6. The van der Waals surface area contributed by atoms with Gasteiger partial charge in [0.1, 0.15) is 5.54 Å². The van der Waals surface area contributed by atoms with Gasteiger partial charge in [-0.3, -0.25) is 9.69 Å². The van der Waals surface area contributed by atoms with Crippen LogP contribution in [0.4, 0.5) is 0 Å². The van der Waals surface area contributed by atoms with E-state index in [0.29, 0.717) is 5.25 Å². The van der Waals surface area contributed by atoms with Gasteiger partial charge in [0, 0.05) is 30.6 Å². The van der Waals surface area contributed by atoms with Crippen LogP contribution in [0, 0.1) is 0 Å². The minimum atomic E-state index is -0.633. The molecular weight excluding hydrogens is 224 g/mol. The zero-order valence-electron chi connectivity index (χ0n) is 9.74. The molecule has 0 amide bonds. The summed E-state index contributed by atoms with van der Waals surface area (Å²) in [4.78, 5) is 13.8. The van der Waals surface area contributed by atoms with E-state index in [1.165, 1.54) is 0 Å². The lowest BCUT2D eigenvalue weighted by molar-refractivity contribution is -0.150. The van der Waals surface area contributed by atoms with Crippen molar-refractivity contribution in [1.82, 2.24) is 10.2 Å². The van der Waals surface area contributed by atoms with E-state index in [4.69, 9.17) is 0 Å². The number of nitrogens with one attached hydrogen (secondary N) is 1. The number of aliphatic carboxylic acids is 1. The van der Waals surface area contributed by atoms with Gasteiger partial charge < -0.3 is 10.4 Å². The first-order chi connectivity index (χ1) is 7.65. The van der Waals surface area contributed by atoms with Crippen LogP contribution in [-0.4, -0.2) is 58.7 Å². The van der Waals surface area contributed by atoms with E-state index < -0.39 is 11.5 Å². The Morgan fingerprint density at radius 1 is 1.50 bits per heavy atom. The quantitative estimate of drug-likeness (QED) is 0.746. The third-order valence-corrected chi connectivity index (χ3v) is 4.96. The lowest BCUT2D eigenvalue weighted by atomic mass is 9.93. The minimum Gasteiger partial charge on any atom is -0.480 e. The molecule has 4 nitrogen and oxygen atoms in total. The molecular formula is C11H20N2O2S. The van der Waals surface area contributed by atoms with Crippen LogP contribution < -0.4 is 5.32 Å². The van der Waals surface area contributed by atoms with Gasteiger partial charge in [0.25, 0.3) is 0 Å². The fourth-order valence-corrected chi connectivity index (χ4v) is 4.03. The van der Waals surface area contributed by atoms with Gasteiger partial charge in [-0.25, -0.2) is 0 Å². The lowest BCUT2D eigenvalue weighted by Crippen LogP contribution is -2.56. The lowest BCUT2D eigenvalue weighted by Gasteiger charge is -2.36. The van der Waals surface area contributed by atoms with Gasteiger partial charge in [-0.05, 0) is 19.4 Å². The number of hydrogen-bond donors (Lipinski definition) is 2. The molecule has 0 aliphatic carbocycles. The van der Waals surface area contributed by atoms with Crippen molar-refractivity contribution in [3.8, 4) is 0 Å². The Morgan fingerprint density at radius 3 is 2.94 bits per heavy atom. The highest BCUT2D eigenvalue weighted by Crippen LogP contribution is 2.39. The standard InChI is InChI=1S/C11H20N2O2S/c1-9-7-11(8-16-9,10(14)15)13-5-2-3-12-4-6-13/h9,12H,2-8H2,1H3,(H,14,15). The van der Waals surface area contributed by atoms with Crippen molar-refractivity contribution < 1.29 is 9.90 Å². The summed E-state index contributed by atoms with van der Waals surface area (Å²) in [5, 5.41) is 13.3. The summed E-state index contributed by atoms with van der Waals surface area (Å²) in [7, 11) is 0. The van der Waals surface area contributed by atoms with Crippen molar-refractivity contribution in [2.75, 3.05) is 31.9 Å². The zero-order chi connectivity index (χ0) is 11.6. The Bertz CT molecular complexity index is 267. The molecule has 2 saturated heterocycles. The summed E-state index contributed by atoms with van der Waals surface area (Å²) in [6.45, 7) is 5.82. The van der Waals surface area contributed by atoms with Crippen molar-refractivity contribution in [1.29, 1.82) is 0 Å². The summed E-state index contributed by atoms with van der Waals surface area (Å²) in [6.07, 6.45) is 1.83. The Balaban J connectivity index is 2.14. The van der Waals surface area contributed by atoms with Crippen LogP contribution in [0.2, 0.25) is 0 Å². The normalized spacial score (nSPS) is 37.2. The number of nitrogens with zero attached hydrogens (tertiary/aromatic N) is 1. The van der Waals surface area contributed by atoms with Crippen molar-refractivity contribution in [2.24, 2.45) is 0 Å². The van der Waals surface area contributed by atoms with Crippen LogP contribution in [0.3, 0.4) is 0 Å². The van der Waals surface area contributed by atoms with Gasteiger partial charge in [-0.15, -0.1) is 0 Å². The molecule has 2 rings (SSSR count). The van der Waals surface area contributed by atoms with Crippen LogP contribution in [0.5, 0.6) is 0 Å². The van der Waals surface area contributed by atoms with Gasteiger partial charge >= 0.3 is 5.97 Å². The fraction of sp³-hybridized carbons (Fsp3) is 0.909. The maximum atomic E-state index is 11.6. The van der Waals surface area contributed by atoms with Crippen molar-refractivity contribution in [2.45, 2.75) is 30.6 Å². The Kier molecular flexibility index (Phi) is 3.77. The minimum absolute atomic E-state index is 0.465. The molecule has 2 aliphatic heterocycles. The Morgan fingerprint density at radius 2 is 2.31 bits per heavy atom. The van der Waals surface area contributed by atoms with E-state index in [1.54, 1.807) is 11.8 Å². The van der Waals surface area contributed by atoms with Crippen LogP contribution in [0.25, 0.3) is 0 Å². The average molecular weight is 244 g/mol. The molecule has 0 spiro atoms. The molecule has 2 atom stereocenters. The third kappa shape index (κ3) is 2.21. The number of thioether (sulfide) groups is 1. The topological polar surface area (TPSA) is 52.6 Å². The monoisotopic (exact) mass is 244 g/mol. The van der Waals surface area contributed by atoms with E-state index in [2.05, 4.69) is 17.1 Å². The second-order valence-corrected chi connectivity index (χ2v) is 6.18. The van der Waals surface area contributed by atoms with E-state index >= 15 is 0 Å².